The van der Waals surface area contributed by atoms with Crippen LogP contribution in [0.15, 0.2) is 48.4 Å². The normalized spacial score (nSPS) is 14.2. The van der Waals surface area contributed by atoms with Crippen molar-refractivity contribution in [2.24, 2.45) is 4.99 Å². The maximum atomic E-state index is 10.6. The van der Waals surface area contributed by atoms with Crippen LogP contribution in [0, 0.1) is 19.8 Å². The molecule has 154 valence electrons. The summed E-state index contributed by atoms with van der Waals surface area (Å²) in [6, 6.07) is 4.15. The summed E-state index contributed by atoms with van der Waals surface area (Å²) >= 11 is 0. The lowest BCUT2D eigenvalue weighted by molar-refractivity contribution is 0.274. The summed E-state index contributed by atoms with van der Waals surface area (Å²) in [7, 11) is 0. The first-order chi connectivity index (χ1) is 14.1. The molecule has 1 aliphatic rings. The first kappa shape index (κ1) is 23.8. The summed E-state index contributed by atoms with van der Waals surface area (Å²) < 4.78 is 10.6. The predicted molar refractivity (Wildman–Crippen MR) is 120 cm³/mol. The third-order valence-corrected chi connectivity index (χ3v) is 4.26. The topological polar surface area (TPSA) is 53.4 Å². The maximum Gasteiger partial charge on any atom is 0.119 e. The second-order valence-corrected chi connectivity index (χ2v) is 6.34. The molecule has 0 amide bonds. The molecule has 2 aromatic heterocycles. The summed E-state index contributed by atoms with van der Waals surface area (Å²) in [4.78, 5) is 15.7. The van der Waals surface area contributed by atoms with Gasteiger partial charge in [-0.25, -0.2) is 4.39 Å². The smallest absolute Gasteiger partial charge is 0.119 e. The number of aryl methyl sites for hydroxylation is 2. The molecule has 2 aromatic rings. The van der Waals surface area contributed by atoms with Gasteiger partial charge in [0.2, 0.25) is 0 Å². The SMILES string of the molecule is C#C.C=CCF.C=NCC1NC=CN1Cc1ncc2ccc(C)nc2c1CCC. The van der Waals surface area contributed by atoms with Crippen LogP contribution in [0.2, 0.25) is 0 Å². The highest BCUT2D eigenvalue weighted by atomic mass is 19.1. The molecule has 29 heavy (non-hydrogen) atoms. The summed E-state index contributed by atoms with van der Waals surface area (Å²) in [6.07, 6.45) is 17.4. The van der Waals surface area contributed by atoms with Gasteiger partial charge in [-0.2, -0.15) is 0 Å². The molecule has 5 nitrogen and oxygen atoms in total. The van der Waals surface area contributed by atoms with Crippen LogP contribution in [0.25, 0.3) is 10.9 Å². The Kier molecular flexibility index (Phi) is 10.7. The molecule has 0 bridgehead atoms. The van der Waals surface area contributed by atoms with Crippen LogP contribution in [-0.2, 0) is 13.0 Å². The number of hydrogen-bond donors (Lipinski definition) is 1. The predicted octanol–water partition coefficient (Wildman–Crippen LogP) is 4.19. The zero-order chi connectivity index (χ0) is 21.6. The van der Waals surface area contributed by atoms with Crippen molar-refractivity contribution >= 4 is 17.6 Å². The minimum absolute atomic E-state index is 0.157. The molecule has 1 unspecified atom stereocenters. The molecular formula is C23H30FN5. The van der Waals surface area contributed by atoms with Gasteiger partial charge >= 0.3 is 0 Å². The van der Waals surface area contributed by atoms with Crippen molar-refractivity contribution in [3.63, 3.8) is 0 Å². The molecular weight excluding hydrogens is 365 g/mol. The second-order valence-electron chi connectivity index (χ2n) is 6.34. The Hall–Kier alpha value is -3.20. The van der Waals surface area contributed by atoms with Gasteiger partial charge in [0.05, 0.1) is 24.3 Å². The van der Waals surface area contributed by atoms with Crippen molar-refractivity contribution in [2.75, 3.05) is 13.2 Å². The molecule has 3 rings (SSSR count). The number of rotatable bonds is 7. The Morgan fingerprint density at radius 1 is 1.38 bits per heavy atom. The van der Waals surface area contributed by atoms with Crippen LogP contribution >= 0.6 is 0 Å². The van der Waals surface area contributed by atoms with Crippen molar-refractivity contribution in [3.8, 4) is 12.8 Å². The molecule has 3 heterocycles. The lowest BCUT2D eigenvalue weighted by Crippen LogP contribution is -2.37. The maximum absolute atomic E-state index is 10.6. The Labute approximate surface area is 173 Å². The zero-order valence-corrected chi connectivity index (χ0v) is 17.3. The number of pyridine rings is 2. The molecule has 1 aliphatic heterocycles. The number of nitrogens with one attached hydrogen (secondary N) is 1. The highest BCUT2D eigenvalue weighted by molar-refractivity contribution is 5.81. The van der Waals surface area contributed by atoms with Gasteiger partial charge in [0.1, 0.15) is 12.8 Å². The summed E-state index contributed by atoms with van der Waals surface area (Å²) in [5.41, 5.74) is 4.49. The average Bonchev–Trinajstić information content (AvgIpc) is 3.18. The largest absolute Gasteiger partial charge is 0.368 e. The van der Waals surface area contributed by atoms with Crippen LogP contribution in [0.3, 0.4) is 0 Å². The number of allylic oxidation sites excluding steroid dienone is 1. The van der Waals surface area contributed by atoms with Gasteiger partial charge in [0.15, 0.2) is 0 Å². The highest BCUT2D eigenvalue weighted by Gasteiger charge is 2.20. The third-order valence-electron chi connectivity index (χ3n) is 4.26. The van der Waals surface area contributed by atoms with Crippen molar-refractivity contribution in [2.45, 2.75) is 39.4 Å². The van der Waals surface area contributed by atoms with Gasteiger partial charge in [0.25, 0.3) is 0 Å². The van der Waals surface area contributed by atoms with Gasteiger partial charge in [-0.05, 0) is 32.2 Å². The molecule has 0 saturated carbocycles. The first-order valence-corrected chi connectivity index (χ1v) is 9.49. The summed E-state index contributed by atoms with van der Waals surface area (Å²) in [5.74, 6) is 0. The fourth-order valence-electron chi connectivity index (χ4n) is 2.99. The van der Waals surface area contributed by atoms with Gasteiger partial charge in [-0.3, -0.25) is 15.0 Å². The van der Waals surface area contributed by atoms with E-state index in [9.17, 15) is 4.39 Å². The minimum Gasteiger partial charge on any atom is -0.368 e. The zero-order valence-electron chi connectivity index (χ0n) is 17.3. The Morgan fingerprint density at radius 3 is 2.72 bits per heavy atom. The lowest BCUT2D eigenvalue weighted by atomic mass is 10.0. The van der Waals surface area contributed by atoms with Crippen LogP contribution in [0.5, 0.6) is 0 Å². The molecule has 0 saturated heterocycles. The number of halogens is 1. The van der Waals surface area contributed by atoms with Gasteiger partial charge < -0.3 is 10.2 Å². The fourth-order valence-corrected chi connectivity index (χ4v) is 2.99. The Bertz CT molecular complexity index is 844. The van der Waals surface area contributed by atoms with E-state index >= 15 is 0 Å². The molecule has 0 aromatic carbocycles. The molecule has 0 fully saturated rings. The van der Waals surface area contributed by atoms with Crippen LogP contribution < -0.4 is 5.32 Å². The Morgan fingerprint density at radius 2 is 2.10 bits per heavy atom. The molecule has 0 spiro atoms. The molecule has 1 N–H and O–H groups in total. The number of alkyl halides is 1. The summed E-state index contributed by atoms with van der Waals surface area (Å²) in [6.45, 7) is 11.9. The highest BCUT2D eigenvalue weighted by Crippen LogP contribution is 2.23. The number of hydrogen-bond acceptors (Lipinski definition) is 5. The van der Waals surface area contributed by atoms with E-state index in [1.807, 2.05) is 25.4 Å². The van der Waals surface area contributed by atoms with E-state index in [-0.39, 0.29) is 6.17 Å². The van der Waals surface area contributed by atoms with Crippen LogP contribution in [-0.4, -0.2) is 41.0 Å². The first-order valence-electron chi connectivity index (χ1n) is 9.49. The van der Waals surface area contributed by atoms with Gasteiger partial charge in [0, 0.05) is 35.2 Å². The van der Waals surface area contributed by atoms with E-state index in [4.69, 9.17) is 9.97 Å². The molecule has 6 heteroatoms. The summed E-state index contributed by atoms with van der Waals surface area (Å²) in [5, 5.41) is 4.41. The molecule has 0 aliphatic carbocycles. The minimum atomic E-state index is -0.417. The third kappa shape index (κ3) is 6.72. The Balaban J connectivity index is 0.000000627. The van der Waals surface area contributed by atoms with E-state index in [0.29, 0.717) is 6.54 Å². The molecule has 0 radical (unpaired) electrons. The van der Waals surface area contributed by atoms with Crippen molar-refractivity contribution in [1.29, 1.82) is 0 Å². The van der Waals surface area contributed by atoms with Gasteiger partial charge in [-0.1, -0.05) is 19.4 Å². The second kappa shape index (κ2) is 13.1. The number of aromatic nitrogens is 2. The van der Waals surface area contributed by atoms with Gasteiger partial charge in [-0.15, -0.1) is 19.4 Å². The lowest BCUT2D eigenvalue weighted by Gasteiger charge is -2.25. The van der Waals surface area contributed by atoms with Crippen molar-refractivity contribution in [3.05, 3.63) is 60.3 Å². The number of aliphatic imine (C=N–C) groups is 1. The molecule has 1 atom stereocenters. The van der Waals surface area contributed by atoms with Crippen LogP contribution in [0.4, 0.5) is 4.39 Å². The number of nitrogens with zero attached hydrogens (tertiary/aromatic N) is 4. The van der Waals surface area contributed by atoms with Crippen LogP contribution in [0.1, 0.15) is 30.3 Å². The van der Waals surface area contributed by atoms with E-state index in [1.165, 1.54) is 11.6 Å². The quantitative estimate of drug-likeness (QED) is 0.434. The van der Waals surface area contributed by atoms with E-state index in [0.717, 1.165) is 41.7 Å². The van der Waals surface area contributed by atoms with E-state index in [2.05, 4.69) is 60.5 Å². The van der Waals surface area contributed by atoms with E-state index in [1.54, 1.807) is 0 Å². The van der Waals surface area contributed by atoms with Crippen molar-refractivity contribution in [1.82, 2.24) is 20.2 Å². The monoisotopic (exact) mass is 395 g/mol. The average molecular weight is 396 g/mol. The fraction of sp³-hybridized carbons (Fsp3) is 0.348. The number of fused-ring (bicyclic) bond motifs is 1. The van der Waals surface area contributed by atoms with Crippen molar-refractivity contribution < 1.29 is 4.39 Å². The number of terminal acetylenes is 1. The standard InChI is InChI=1S/C18H23N5.C3H5F.C2H2/c1-4-5-15-16(12-23-9-8-20-17(23)11-19-3)21-10-14-7-6-13(2)22-18(14)15;1-2-3-4;1-2/h6-10,17,20H,3-5,11-12H2,1-2H3;2H,1,3H2;1-2H. The van der Waals surface area contributed by atoms with E-state index < -0.39 is 6.67 Å².